The second-order valence-corrected chi connectivity index (χ2v) is 5.92. The maximum absolute atomic E-state index is 5.50. The molecule has 0 radical (unpaired) electrons. The maximum Gasteiger partial charge on any atom is 0.239 e. The summed E-state index contributed by atoms with van der Waals surface area (Å²) in [4.78, 5) is 11.2. The van der Waals surface area contributed by atoms with Gasteiger partial charge in [0.25, 0.3) is 0 Å². The number of nitrogens with two attached hydrogens (primary N) is 1. The average Bonchev–Trinajstić information content (AvgIpc) is 2.54. The predicted molar refractivity (Wildman–Crippen MR) is 87.2 cm³/mol. The highest BCUT2D eigenvalue weighted by atomic mass is 15.3. The molecule has 1 heterocycles. The van der Waals surface area contributed by atoms with Gasteiger partial charge in [-0.3, -0.25) is 5.43 Å². The highest BCUT2D eigenvalue weighted by Gasteiger charge is 2.18. The molecular weight excluding hydrogens is 262 g/mol. The lowest BCUT2D eigenvalue weighted by Gasteiger charge is -2.28. The van der Waals surface area contributed by atoms with E-state index in [1.165, 1.54) is 32.1 Å². The summed E-state index contributed by atoms with van der Waals surface area (Å²) in [5.41, 5.74) is 3.49. The van der Waals surface area contributed by atoms with Crippen molar-refractivity contribution in [3.05, 3.63) is 24.3 Å². The van der Waals surface area contributed by atoms with Crippen molar-refractivity contribution >= 4 is 22.7 Å². The van der Waals surface area contributed by atoms with Crippen molar-refractivity contribution in [2.45, 2.75) is 32.1 Å². The molecule has 1 saturated carbocycles. The Hall–Kier alpha value is -1.88. The molecule has 0 bridgehead atoms. The number of aromatic nitrogens is 2. The summed E-state index contributed by atoms with van der Waals surface area (Å²) < 4.78 is 0. The molecule has 21 heavy (non-hydrogen) atoms. The van der Waals surface area contributed by atoms with Crippen molar-refractivity contribution in [3.63, 3.8) is 0 Å². The Morgan fingerprint density at radius 3 is 2.71 bits per heavy atom. The summed E-state index contributed by atoms with van der Waals surface area (Å²) in [5.74, 6) is 7.70. The molecule has 3 rings (SSSR count). The minimum absolute atomic E-state index is 0.471. The number of nitrogens with zero attached hydrogens (tertiary/aromatic N) is 3. The molecule has 1 aromatic heterocycles. The Morgan fingerprint density at radius 2 is 1.95 bits per heavy atom. The van der Waals surface area contributed by atoms with Gasteiger partial charge in [-0.2, -0.15) is 4.98 Å². The smallest absolute Gasteiger partial charge is 0.239 e. The molecule has 5 nitrogen and oxygen atoms in total. The van der Waals surface area contributed by atoms with Gasteiger partial charge < -0.3 is 4.90 Å². The Kier molecular flexibility index (Phi) is 4.20. The van der Waals surface area contributed by atoms with E-state index in [1.54, 1.807) is 0 Å². The number of hydrogen-bond acceptors (Lipinski definition) is 5. The van der Waals surface area contributed by atoms with Crippen LogP contribution in [0.4, 0.5) is 11.8 Å². The van der Waals surface area contributed by atoms with Gasteiger partial charge in [0, 0.05) is 19.0 Å². The van der Waals surface area contributed by atoms with E-state index in [1.807, 2.05) is 18.2 Å². The van der Waals surface area contributed by atoms with Crippen molar-refractivity contribution in [2.75, 3.05) is 23.9 Å². The van der Waals surface area contributed by atoms with Crippen molar-refractivity contribution < 1.29 is 0 Å². The monoisotopic (exact) mass is 285 g/mol. The van der Waals surface area contributed by atoms with Gasteiger partial charge >= 0.3 is 0 Å². The van der Waals surface area contributed by atoms with E-state index in [9.17, 15) is 0 Å². The van der Waals surface area contributed by atoms with Gasteiger partial charge in [-0.25, -0.2) is 10.8 Å². The molecule has 3 N–H and O–H groups in total. The van der Waals surface area contributed by atoms with Crippen LogP contribution in [0.5, 0.6) is 0 Å². The summed E-state index contributed by atoms with van der Waals surface area (Å²) in [5, 5.41) is 1.08. The molecule has 112 valence electrons. The van der Waals surface area contributed by atoms with Crippen LogP contribution < -0.4 is 16.2 Å². The molecule has 2 aromatic rings. The fraction of sp³-hybridized carbons (Fsp3) is 0.500. The van der Waals surface area contributed by atoms with Gasteiger partial charge in [0.1, 0.15) is 5.82 Å². The van der Waals surface area contributed by atoms with E-state index >= 15 is 0 Å². The number of benzene rings is 1. The zero-order valence-electron chi connectivity index (χ0n) is 12.5. The summed E-state index contributed by atoms with van der Waals surface area (Å²) in [6.07, 6.45) is 6.76. The van der Waals surface area contributed by atoms with Crippen molar-refractivity contribution in [3.8, 4) is 0 Å². The summed E-state index contributed by atoms with van der Waals surface area (Å²) >= 11 is 0. The van der Waals surface area contributed by atoms with Crippen LogP contribution in [0, 0.1) is 5.92 Å². The lowest BCUT2D eigenvalue weighted by Crippen LogP contribution is -2.28. The number of hydrazine groups is 1. The number of rotatable bonds is 4. The Bertz CT molecular complexity index is 607. The second-order valence-electron chi connectivity index (χ2n) is 5.92. The first-order valence-electron chi connectivity index (χ1n) is 7.72. The molecule has 1 aromatic carbocycles. The molecule has 0 unspecified atom stereocenters. The quantitative estimate of drug-likeness (QED) is 0.668. The fourth-order valence-electron chi connectivity index (χ4n) is 3.26. The zero-order valence-corrected chi connectivity index (χ0v) is 12.5. The van der Waals surface area contributed by atoms with Crippen LogP contribution in [0.2, 0.25) is 0 Å². The van der Waals surface area contributed by atoms with E-state index in [-0.39, 0.29) is 0 Å². The number of nitrogen functional groups attached to an aromatic ring is 1. The van der Waals surface area contributed by atoms with Gasteiger partial charge in [-0.05, 0) is 30.9 Å². The fourth-order valence-corrected chi connectivity index (χ4v) is 3.26. The first-order valence-corrected chi connectivity index (χ1v) is 7.72. The molecule has 0 amide bonds. The molecule has 0 spiro atoms. The van der Waals surface area contributed by atoms with Crippen LogP contribution in [0.15, 0.2) is 24.3 Å². The lowest BCUT2D eigenvalue weighted by atomic mass is 9.89. The molecule has 5 heteroatoms. The molecule has 1 fully saturated rings. The second kappa shape index (κ2) is 6.26. The summed E-state index contributed by atoms with van der Waals surface area (Å²) in [6, 6.07) is 8.08. The van der Waals surface area contributed by atoms with E-state index in [4.69, 9.17) is 5.84 Å². The third kappa shape index (κ3) is 3.08. The van der Waals surface area contributed by atoms with Crippen molar-refractivity contribution in [1.29, 1.82) is 0 Å². The highest BCUT2D eigenvalue weighted by Crippen LogP contribution is 2.28. The first-order chi connectivity index (χ1) is 10.3. The minimum Gasteiger partial charge on any atom is -0.359 e. The molecule has 0 atom stereocenters. The van der Waals surface area contributed by atoms with E-state index < -0.39 is 0 Å². The third-order valence-electron chi connectivity index (χ3n) is 4.33. The number of anilines is 2. The Morgan fingerprint density at radius 1 is 1.19 bits per heavy atom. The minimum atomic E-state index is 0.471. The van der Waals surface area contributed by atoms with Crippen LogP contribution in [-0.4, -0.2) is 23.6 Å². The predicted octanol–water partition coefficient (Wildman–Crippen LogP) is 2.93. The standard InChI is InChI=1S/C16H23N5/c1-21(11-12-7-3-2-4-8-12)15-13-9-5-6-10-14(13)18-16(19-15)20-17/h5-6,9-10,12H,2-4,7-8,11,17H2,1H3,(H,18,19,20). The van der Waals surface area contributed by atoms with E-state index in [0.29, 0.717) is 5.95 Å². The summed E-state index contributed by atoms with van der Waals surface area (Å²) in [6.45, 7) is 1.05. The number of fused-ring (bicyclic) bond motifs is 1. The van der Waals surface area contributed by atoms with Crippen LogP contribution in [0.3, 0.4) is 0 Å². The van der Waals surface area contributed by atoms with Crippen LogP contribution in [0.25, 0.3) is 10.9 Å². The molecule has 1 aliphatic carbocycles. The van der Waals surface area contributed by atoms with E-state index in [2.05, 4.69) is 33.4 Å². The topological polar surface area (TPSA) is 67.1 Å². The van der Waals surface area contributed by atoms with Crippen LogP contribution >= 0.6 is 0 Å². The molecule has 0 aliphatic heterocycles. The van der Waals surface area contributed by atoms with Crippen molar-refractivity contribution in [1.82, 2.24) is 9.97 Å². The van der Waals surface area contributed by atoms with Gasteiger partial charge in [0.2, 0.25) is 5.95 Å². The Labute approximate surface area is 125 Å². The zero-order chi connectivity index (χ0) is 14.7. The van der Waals surface area contributed by atoms with Crippen LogP contribution in [0.1, 0.15) is 32.1 Å². The van der Waals surface area contributed by atoms with E-state index in [0.717, 1.165) is 29.2 Å². The van der Waals surface area contributed by atoms with Crippen LogP contribution in [-0.2, 0) is 0 Å². The largest absolute Gasteiger partial charge is 0.359 e. The van der Waals surface area contributed by atoms with Gasteiger partial charge in [0.15, 0.2) is 0 Å². The number of nitrogens with one attached hydrogen (secondary N) is 1. The van der Waals surface area contributed by atoms with Crippen molar-refractivity contribution in [2.24, 2.45) is 11.8 Å². The normalized spacial score (nSPS) is 16.1. The summed E-state index contributed by atoms with van der Waals surface area (Å²) in [7, 11) is 2.11. The highest BCUT2D eigenvalue weighted by molar-refractivity contribution is 5.90. The first kappa shape index (κ1) is 14.1. The molecule has 1 aliphatic rings. The SMILES string of the molecule is CN(CC1CCCCC1)c1nc(NN)nc2ccccc12. The van der Waals surface area contributed by atoms with Gasteiger partial charge in [0.05, 0.1) is 5.52 Å². The Balaban J connectivity index is 1.90. The number of hydrogen-bond donors (Lipinski definition) is 2. The molecule has 0 saturated heterocycles. The van der Waals surface area contributed by atoms with Gasteiger partial charge in [-0.15, -0.1) is 0 Å². The lowest BCUT2D eigenvalue weighted by molar-refractivity contribution is 0.362. The van der Waals surface area contributed by atoms with Gasteiger partial charge in [-0.1, -0.05) is 31.4 Å². The third-order valence-corrected chi connectivity index (χ3v) is 4.33. The number of para-hydroxylation sites is 1. The molecular formula is C16H23N5. The maximum atomic E-state index is 5.50. The average molecular weight is 285 g/mol.